The lowest BCUT2D eigenvalue weighted by atomic mass is 9.78. The smallest absolute Gasteiger partial charge is 0.137 e. The van der Waals surface area contributed by atoms with E-state index in [1.54, 1.807) is 5.57 Å². The molecule has 7 aromatic rings. The van der Waals surface area contributed by atoms with Crippen LogP contribution < -0.4 is 4.90 Å². The molecule has 5 aromatic carbocycles. The summed E-state index contributed by atoms with van der Waals surface area (Å²) in [6.07, 6.45) is 24.9. The van der Waals surface area contributed by atoms with E-state index in [0.717, 1.165) is 94.5 Å². The van der Waals surface area contributed by atoms with E-state index < -0.39 is 0 Å². The van der Waals surface area contributed by atoms with Crippen LogP contribution in [0.15, 0.2) is 174 Å². The van der Waals surface area contributed by atoms with Crippen LogP contribution in [-0.2, 0) is 5.41 Å². The van der Waals surface area contributed by atoms with Crippen LogP contribution in [0.4, 0.5) is 17.1 Å². The van der Waals surface area contributed by atoms with Gasteiger partial charge in [-0.15, -0.1) is 0 Å². The minimum absolute atomic E-state index is 0.0374. The van der Waals surface area contributed by atoms with Crippen LogP contribution in [0.5, 0.6) is 0 Å². The quantitative estimate of drug-likeness (QED) is 0.161. The average molecular weight is 777 g/mol. The van der Waals surface area contributed by atoms with Gasteiger partial charge < -0.3 is 9.32 Å². The zero-order valence-electron chi connectivity index (χ0n) is 34.6. The molecule has 2 aromatic heterocycles. The normalized spacial score (nSPS) is 16.6. The molecule has 292 valence electrons. The van der Waals surface area contributed by atoms with Gasteiger partial charge in [-0.05, 0) is 144 Å². The van der Waals surface area contributed by atoms with Gasteiger partial charge in [-0.1, -0.05) is 129 Å². The number of hydrogen-bond donors (Lipinski definition) is 0. The first-order valence-electron chi connectivity index (χ1n) is 21.6. The Morgan fingerprint density at radius 3 is 2.08 bits per heavy atom. The molecule has 0 radical (unpaired) electrons. The largest absolute Gasteiger partial charge is 0.456 e. The molecule has 0 aliphatic heterocycles. The Morgan fingerprint density at radius 1 is 0.583 bits per heavy atom. The first-order valence-corrected chi connectivity index (χ1v) is 21.6. The van der Waals surface area contributed by atoms with Crippen molar-refractivity contribution in [2.75, 3.05) is 4.90 Å². The Bertz CT molecular complexity index is 3050. The molecule has 0 amide bonds. The highest BCUT2D eigenvalue weighted by Crippen LogP contribution is 2.52. The number of hydrogen-bond acceptors (Lipinski definition) is 3. The standard InChI is InChI=1S/C57H48N2O/c1-37-49(40-18-9-5-10-19-40)36-52(41-20-11-6-12-21-41)58-56(37)48-23-15-25-53-55(48)47-33-31-44(35-54(47)60-53)59(42-28-26-39(27-29-42)38-16-7-4-8-17-38)43-30-32-46-45-22-13-14-24-50(45)57(2,3)51(46)34-43/h4,7-9,11,13,15-23,25-36H,5-6,10,12,14,24H2,1-3H3. The number of aromatic nitrogens is 1. The molecule has 0 spiro atoms. The lowest BCUT2D eigenvalue weighted by molar-refractivity contribution is 0.607. The van der Waals surface area contributed by atoms with E-state index in [0.29, 0.717) is 0 Å². The summed E-state index contributed by atoms with van der Waals surface area (Å²) in [5, 5.41) is 2.19. The Morgan fingerprint density at radius 2 is 1.30 bits per heavy atom. The highest BCUT2D eigenvalue weighted by atomic mass is 16.3. The Hall–Kier alpha value is -6.71. The minimum Gasteiger partial charge on any atom is -0.456 e. The van der Waals surface area contributed by atoms with Crippen LogP contribution in [0.3, 0.4) is 0 Å². The summed E-state index contributed by atoms with van der Waals surface area (Å²) in [4.78, 5) is 7.84. The fourth-order valence-corrected chi connectivity index (χ4v) is 10.1. The predicted octanol–water partition coefficient (Wildman–Crippen LogP) is 16.0. The van der Waals surface area contributed by atoms with E-state index in [4.69, 9.17) is 9.40 Å². The van der Waals surface area contributed by atoms with E-state index in [1.165, 1.54) is 50.1 Å². The molecular formula is C57H48N2O. The molecule has 60 heavy (non-hydrogen) atoms. The van der Waals surface area contributed by atoms with Gasteiger partial charge in [0.15, 0.2) is 0 Å². The number of benzene rings is 5. The first kappa shape index (κ1) is 36.4. The molecule has 0 saturated carbocycles. The number of rotatable bonds is 7. The van der Waals surface area contributed by atoms with Crippen LogP contribution in [0.25, 0.3) is 61.0 Å². The van der Waals surface area contributed by atoms with Crippen molar-refractivity contribution in [2.45, 2.75) is 64.7 Å². The number of allylic oxidation sites excluding steroid dienone is 12. The van der Waals surface area contributed by atoms with Crippen molar-refractivity contribution in [1.29, 1.82) is 0 Å². The van der Waals surface area contributed by atoms with Crippen LogP contribution in [0.2, 0.25) is 0 Å². The van der Waals surface area contributed by atoms with Gasteiger partial charge in [0.25, 0.3) is 0 Å². The van der Waals surface area contributed by atoms with Crippen molar-refractivity contribution in [3.05, 3.63) is 197 Å². The monoisotopic (exact) mass is 776 g/mol. The van der Waals surface area contributed by atoms with E-state index in [1.807, 2.05) is 0 Å². The van der Waals surface area contributed by atoms with Crippen molar-refractivity contribution in [3.63, 3.8) is 0 Å². The van der Waals surface area contributed by atoms with Crippen molar-refractivity contribution in [1.82, 2.24) is 4.98 Å². The summed E-state index contributed by atoms with van der Waals surface area (Å²) in [6, 6.07) is 42.1. The Labute approximate surface area is 353 Å². The van der Waals surface area contributed by atoms with Crippen molar-refractivity contribution < 1.29 is 4.42 Å². The number of anilines is 3. The predicted molar refractivity (Wildman–Crippen MR) is 253 cm³/mol. The third-order valence-electron chi connectivity index (χ3n) is 13.2. The van der Waals surface area contributed by atoms with Crippen molar-refractivity contribution in [2.24, 2.45) is 0 Å². The molecule has 3 heteroatoms. The van der Waals surface area contributed by atoms with Gasteiger partial charge in [0.2, 0.25) is 0 Å². The fourth-order valence-electron chi connectivity index (χ4n) is 10.1. The lowest BCUT2D eigenvalue weighted by Crippen LogP contribution is -2.18. The van der Waals surface area contributed by atoms with Gasteiger partial charge in [-0.2, -0.15) is 0 Å². The molecule has 0 unspecified atom stereocenters. The van der Waals surface area contributed by atoms with E-state index in [9.17, 15) is 0 Å². The molecule has 3 nitrogen and oxygen atoms in total. The Kier molecular flexibility index (Phi) is 8.81. The molecule has 0 N–H and O–H groups in total. The summed E-state index contributed by atoms with van der Waals surface area (Å²) in [6.45, 7) is 7.03. The maximum Gasteiger partial charge on any atom is 0.137 e. The van der Waals surface area contributed by atoms with Crippen molar-refractivity contribution in [3.8, 4) is 22.4 Å². The molecule has 0 saturated heterocycles. The molecular weight excluding hydrogens is 729 g/mol. The summed E-state index contributed by atoms with van der Waals surface area (Å²) < 4.78 is 6.84. The number of nitrogens with zero attached hydrogens (tertiary/aromatic N) is 2. The number of pyridine rings is 1. The van der Waals surface area contributed by atoms with Crippen LogP contribution >= 0.6 is 0 Å². The van der Waals surface area contributed by atoms with E-state index in [-0.39, 0.29) is 5.41 Å². The van der Waals surface area contributed by atoms with Gasteiger partial charge in [-0.25, -0.2) is 4.98 Å². The van der Waals surface area contributed by atoms with Crippen molar-refractivity contribution >= 4 is 55.7 Å². The van der Waals surface area contributed by atoms with Gasteiger partial charge in [0, 0.05) is 44.9 Å². The van der Waals surface area contributed by atoms with E-state index in [2.05, 4.69) is 190 Å². The fraction of sp³-hybridized carbons (Fsp3) is 0.175. The molecule has 0 fully saturated rings. The number of furan rings is 1. The van der Waals surface area contributed by atoms with Gasteiger partial charge >= 0.3 is 0 Å². The molecule has 0 bridgehead atoms. The molecule has 2 heterocycles. The second-order valence-corrected chi connectivity index (χ2v) is 17.2. The third kappa shape index (κ3) is 6.06. The maximum atomic E-state index is 6.84. The van der Waals surface area contributed by atoms with Crippen LogP contribution in [-0.4, -0.2) is 4.98 Å². The highest BCUT2D eigenvalue weighted by molar-refractivity contribution is 6.13. The van der Waals surface area contributed by atoms with Gasteiger partial charge in [0.05, 0.1) is 11.4 Å². The first-order chi connectivity index (χ1) is 29.4. The molecule has 11 rings (SSSR count). The molecule has 4 aliphatic rings. The summed E-state index contributed by atoms with van der Waals surface area (Å²) >= 11 is 0. The summed E-state index contributed by atoms with van der Waals surface area (Å²) in [5.41, 5.74) is 21.1. The second kappa shape index (κ2) is 14.5. The van der Waals surface area contributed by atoms with E-state index >= 15 is 0 Å². The third-order valence-corrected chi connectivity index (χ3v) is 13.2. The SMILES string of the molecule is Cc1c(C2=CCCC=C2)cc(C2=CCCC=C2)nc1-c1cccc2oc3cc(N(c4ccc(-c5ccccc5)cc4)c4ccc5c(c4)C(C)(C)C4=C5C=CCC4)ccc3c12. The average Bonchev–Trinajstić information content (AvgIpc) is 3.79. The summed E-state index contributed by atoms with van der Waals surface area (Å²) in [7, 11) is 0. The van der Waals surface area contributed by atoms with Crippen LogP contribution in [0, 0.1) is 6.92 Å². The van der Waals surface area contributed by atoms with Gasteiger partial charge in [-0.3, -0.25) is 0 Å². The highest BCUT2D eigenvalue weighted by Gasteiger charge is 2.38. The number of fused-ring (bicyclic) bond motifs is 5. The van der Waals surface area contributed by atoms with Crippen LogP contribution in [0.1, 0.15) is 80.3 Å². The lowest BCUT2D eigenvalue weighted by Gasteiger charge is -2.29. The maximum absolute atomic E-state index is 6.84. The molecule has 0 atom stereocenters. The summed E-state index contributed by atoms with van der Waals surface area (Å²) in [5.74, 6) is 0. The molecule has 4 aliphatic carbocycles. The topological polar surface area (TPSA) is 29.3 Å². The minimum atomic E-state index is -0.0374. The zero-order valence-corrected chi connectivity index (χ0v) is 34.6. The second-order valence-electron chi connectivity index (χ2n) is 17.2. The van der Waals surface area contributed by atoms with Gasteiger partial charge in [0.1, 0.15) is 11.2 Å². The Balaban J connectivity index is 1.06. The zero-order chi connectivity index (χ0) is 40.4.